The van der Waals surface area contributed by atoms with Gasteiger partial charge in [-0.05, 0) is 36.8 Å². The molecule has 0 radical (unpaired) electrons. The molecule has 4 nitrogen and oxygen atoms in total. The predicted molar refractivity (Wildman–Crippen MR) is 78.6 cm³/mol. The van der Waals surface area contributed by atoms with E-state index >= 15 is 0 Å². The van der Waals surface area contributed by atoms with E-state index in [9.17, 15) is 0 Å². The van der Waals surface area contributed by atoms with Crippen molar-refractivity contribution in [2.24, 2.45) is 5.73 Å². The molecule has 0 saturated heterocycles. The maximum atomic E-state index is 5.87. The lowest BCUT2D eigenvalue weighted by molar-refractivity contribution is 0.301. The predicted octanol–water partition coefficient (Wildman–Crippen LogP) is 2.93. The van der Waals surface area contributed by atoms with E-state index < -0.39 is 0 Å². The molecule has 2 heterocycles. The third kappa shape index (κ3) is 2.65. The van der Waals surface area contributed by atoms with Crippen LogP contribution < -0.4 is 10.5 Å². The molecule has 0 bridgehead atoms. The third-order valence-corrected chi connectivity index (χ3v) is 3.18. The molecule has 1 aromatic carbocycles. The monoisotopic (exact) mass is 267 g/mol. The van der Waals surface area contributed by atoms with E-state index in [-0.39, 0.29) is 6.04 Å². The van der Waals surface area contributed by atoms with Crippen molar-refractivity contribution in [1.82, 2.24) is 9.38 Å². The molecular formula is C16H17N3O. The Labute approximate surface area is 117 Å². The second-order valence-electron chi connectivity index (χ2n) is 4.85. The van der Waals surface area contributed by atoms with Gasteiger partial charge in [-0.25, -0.2) is 4.98 Å². The molecule has 0 spiro atoms. The molecule has 0 fully saturated rings. The molecule has 2 aromatic heterocycles. The van der Waals surface area contributed by atoms with Gasteiger partial charge in [0.1, 0.15) is 18.0 Å². The molecule has 0 unspecified atom stereocenters. The highest BCUT2D eigenvalue weighted by Gasteiger charge is 2.04. The Morgan fingerprint density at radius 1 is 1.25 bits per heavy atom. The van der Waals surface area contributed by atoms with E-state index in [1.165, 1.54) is 0 Å². The van der Waals surface area contributed by atoms with Crippen LogP contribution in [0.4, 0.5) is 0 Å². The van der Waals surface area contributed by atoms with Crippen LogP contribution in [0.2, 0.25) is 0 Å². The number of pyridine rings is 1. The van der Waals surface area contributed by atoms with Crippen molar-refractivity contribution in [3.8, 4) is 5.75 Å². The number of fused-ring (bicyclic) bond motifs is 1. The van der Waals surface area contributed by atoms with Crippen molar-refractivity contribution in [1.29, 1.82) is 0 Å². The van der Waals surface area contributed by atoms with Crippen LogP contribution >= 0.6 is 0 Å². The van der Waals surface area contributed by atoms with Crippen LogP contribution in [0.3, 0.4) is 0 Å². The Morgan fingerprint density at radius 2 is 2.15 bits per heavy atom. The second-order valence-corrected chi connectivity index (χ2v) is 4.85. The van der Waals surface area contributed by atoms with Crippen LogP contribution in [0.15, 0.2) is 54.9 Å². The fourth-order valence-electron chi connectivity index (χ4n) is 2.10. The van der Waals surface area contributed by atoms with Crippen LogP contribution in [-0.2, 0) is 6.61 Å². The summed E-state index contributed by atoms with van der Waals surface area (Å²) in [6, 6.07) is 13.8. The highest BCUT2D eigenvalue weighted by atomic mass is 16.5. The molecular weight excluding hydrogens is 250 g/mol. The summed E-state index contributed by atoms with van der Waals surface area (Å²) in [6.45, 7) is 2.41. The minimum atomic E-state index is 0.00810. The van der Waals surface area contributed by atoms with Gasteiger partial charge in [-0.1, -0.05) is 18.2 Å². The number of nitrogens with two attached hydrogens (primary N) is 1. The topological polar surface area (TPSA) is 52.5 Å². The summed E-state index contributed by atoms with van der Waals surface area (Å²) < 4.78 is 7.76. The Morgan fingerprint density at radius 3 is 2.95 bits per heavy atom. The molecule has 0 saturated carbocycles. The largest absolute Gasteiger partial charge is 0.487 e. The number of nitrogens with zero attached hydrogens (tertiary/aromatic N) is 2. The lowest BCUT2D eigenvalue weighted by Gasteiger charge is -2.09. The first kappa shape index (κ1) is 12.7. The van der Waals surface area contributed by atoms with Crippen molar-refractivity contribution in [3.63, 3.8) is 0 Å². The van der Waals surface area contributed by atoms with Gasteiger partial charge in [-0.15, -0.1) is 0 Å². The maximum absolute atomic E-state index is 5.87. The number of benzene rings is 1. The van der Waals surface area contributed by atoms with Crippen LogP contribution in [0.1, 0.15) is 24.2 Å². The number of hydrogen-bond acceptors (Lipinski definition) is 3. The molecule has 4 heteroatoms. The molecule has 0 amide bonds. The van der Waals surface area contributed by atoms with Gasteiger partial charge in [0.2, 0.25) is 0 Å². The molecule has 2 N–H and O–H groups in total. The number of imidazole rings is 1. The van der Waals surface area contributed by atoms with Crippen LogP contribution in [0.25, 0.3) is 5.65 Å². The maximum Gasteiger partial charge on any atom is 0.137 e. The number of aromatic nitrogens is 2. The van der Waals surface area contributed by atoms with E-state index in [2.05, 4.69) is 4.98 Å². The second kappa shape index (κ2) is 5.35. The number of rotatable bonds is 4. The van der Waals surface area contributed by atoms with Crippen molar-refractivity contribution < 1.29 is 4.74 Å². The summed E-state index contributed by atoms with van der Waals surface area (Å²) in [5, 5.41) is 0. The first-order valence-electron chi connectivity index (χ1n) is 6.63. The van der Waals surface area contributed by atoms with E-state index in [0.717, 1.165) is 22.7 Å². The van der Waals surface area contributed by atoms with E-state index in [4.69, 9.17) is 10.5 Å². The Balaban J connectivity index is 1.74. The average Bonchev–Trinajstić information content (AvgIpc) is 2.88. The first-order chi connectivity index (χ1) is 9.72. The molecule has 0 aliphatic carbocycles. The fraction of sp³-hybridized carbons (Fsp3) is 0.188. The molecule has 3 aromatic rings. The summed E-state index contributed by atoms with van der Waals surface area (Å²) in [7, 11) is 0. The Bertz CT molecular complexity index is 685. The van der Waals surface area contributed by atoms with Gasteiger partial charge in [0.25, 0.3) is 0 Å². The summed E-state index contributed by atoms with van der Waals surface area (Å²) in [5.74, 6) is 0.817. The number of hydrogen-bond donors (Lipinski definition) is 1. The zero-order valence-corrected chi connectivity index (χ0v) is 11.4. The van der Waals surface area contributed by atoms with Gasteiger partial charge in [-0.3, -0.25) is 0 Å². The zero-order valence-electron chi connectivity index (χ0n) is 11.4. The minimum absolute atomic E-state index is 0.00810. The van der Waals surface area contributed by atoms with Gasteiger partial charge in [0.15, 0.2) is 0 Å². The van der Waals surface area contributed by atoms with Crippen molar-refractivity contribution in [3.05, 3.63) is 66.1 Å². The first-order valence-corrected chi connectivity index (χ1v) is 6.63. The SMILES string of the molecule is C[C@@H](N)c1cccc(OCc2cn3ccccc3n2)c1. The van der Waals surface area contributed by atoms with Crippen molar-refractivity contribution >= 4 is 5.65 Å². The van der Waals surface area contributed by atoms with Gasteiger partial charge >= 0.3 is 0 Å². The Hall–Kier alpha value is -2.33. The average molecular weight is 267 g/mol. The molecule has 1 atom stereocenters. The highest BCUT2D eigenvalue weighted by molar-refractivity contribution is 5.39. The normalized spacial score (nSPS) is 12.5. The molecule has 102 valence electrons. The van der Waals surface area contributed by atoms with Crippen LogP contribution in [-0.4, -0.2) is 9.38 Å². The standard InChI is InChI=1S/C16H17N3O/c1-12(17)13-5-4-6-15(9-13)20-11-14-10-19-8-3-2-7-16(19)18-14/h2-10,12H,11,17H2,1H3/t12-/m1/s1. The van der Waals surface area contributed by atoms with E-state index in [1.54, 1.807) is 0 Å². The van der Waals surface area contributed by atoms with Gasteiger partial charge < -0.3 is 14.9 Å². The minimum Gasteiger partial charge on any atom is -0.487 e. The van der Waals surface area contributed by atoms with Crippen LogP contribution in [0, 0.1) is 0 Å². The lowest BCUT2D eigenvalue weighted by Crippen LogP contribution is -2.05. The van der Waals surface area contributed by atoms with E-state index in [0.29, 0.717) is 6.61 Å². The van der Waals surface area contributed by atoms with Gasteiger partial charge in [0.05, 0.1) is 5.69 Å². The molecule has 0 aliphatic heterocycles. The summed E-state index contributed by atoms with van der Waals surface area (Å²) in [5.41, 5.74) is 8.77. The number of ether oxygens (including phenoxy) is 1. The van der Waals surface area contributed by atoms with Gasteiger partial charge in [-0.2, -0.15) is 0 Å². The van der Waals surface area contributed by atoms with E-state index in [1.807, 2.05) is 66.2 Å². The van der Waals surface area contributed by atoms with Crippen LogP contribution in [0.5, 0.6) is 5.75 Å². The summed E-state index contributed by atoms with van der Waals surface area (Å²) in [6.07, 6.45) is 3.95. The molecule has 0 aliphatic rings. The third-order valence-electron chi connectivity index (χ3n) is 3.18. The lowest BCUT2D eigenvalue weighted by atomic mass is 10.1. The van der Waals surface area contributed by atoms with Crippen molar-refractivity contribution in [2.45, 2.75) is 19.6 Å². The Kier molecular flexibility index (Phi) is 3.39. The quantitative estimate of drug-likeness (QED) is 0.790. The smallest absolute Gasteiger partial charge is 0.137 e. The zero-order chi connectivity index (χ0) is 13.9. The van der Waals surface area contributed by atoms with Crippen molar-refractivity contribution in [2.75, 3.05) is 0 Å². The summed E-state index contributed by atoms with van der Waals surface area (Å²) >= 11 is 0. The molecule has 20 heavy (non-hydrogen) atoms. The molecule has 3 rings (SSSR count). The summed E-state index contributed by atoms with van der Waals surface area (Å²) in [4.78, 5) is 4.50. The van der Waals surface area contributed by atoms with Gasteiger partial charge in [0, 0.05) is 18.4 Å². The highest BCUT2D eigenvalue weighted by Crippen LogP contribution is 2.18. The fourth-order valence-corrected chi connectivity index (χ4v) is 2.10.